The number of benzene rings is 2. The molecule has 0 bridgehead atoms. The summed E-state index contributed by atoms with van der Waals surface area (Å²) >= 11 is 0. The molecule has 25 heavy (non-hydrogen) atoms. The van der Waals surface area contributed by atoms with Gasteiger partial charge in [0.05, 0.1) is 17.3 Å². The zero-order valence-corrected chi connectivity index (χ0v) is 14.7. The minimum atomic E-state index is 0.271. The van der Waals surface area contributed by atoms with E-state index in [0.29, 0.717) is 18.8 Å². The van der Waals surface area contributed by atoms with Gasteiger partial charge in [-0.1, -0.05) is 19.0 Å². The summed E-state index contributed by atoms with van der Waals surface area (Å²) in [5, 5.41) is 12.8. The van der Waals surface area contributed by atoms with E-state index in [-0.39, 0.29) is 5.92 Å². The molecule has 2 aromatic carbocycles. The Morgan fingerprint density at radius 1 is 0.960 bits per heavy atom. The Kier molecular flexibility index (Phi) is 6.85. The average molecular weight is 338 g/mol. The maximum Gasteiger partial charge on any atom is 0.122 e. The maximum absolute atomic E-state index is 8.76. The van der Waals surface area contributed by atoms with E-state index in [1.165, 1.54) is 0 Å². The summed E-state index contributed by atoms with van der Waals surface area (Å²) in [5.41, 5.74) is 2.53. The van der Waals surface area contributed by atoms with Crippen molar-refractivity contribution in [3.63, 3.8) is 0 Å². The third-order valence-corrected chi connectivity index (χ3v) is 3.49. The first kappa shape index (κ1) is 18.3. The van der Waals surface area contributed by atoms with Crippen LogP contribution in [0.4, 0.5) is 0 Å². The number of nitriles is 1. The van der Waals surface area contributed by atoms with Crippen LogP contribution in [-0.4, -0.2) is 26.0 Å². The highest BCUT2D eigenvalue weighted by Gasteiger charge is 2.09. The Morgan fingerprint density at radius 2 is 1.48 bits per heavy atom. The summed E-state index contributed by atoms with van der Waals surface area (Å²) in [5.74, 6) is 1.76. The second-order valence-corrected chi connectivity index (χ2v) is 5.67. The summed E-state index contributed by atoms with van der Waals surface area (Å²) in [7, 11) is 1.55. The highest BCUT2D eigenvalue weighted by atomic mass is 16.6. The van der Waals surface area contributed by atoms with Crippen molar-refractivity contribution in [1.29, 1.82) is 5.26 Å². The number of nitrogens with zero attached hydrogens (tertiary/aromatic N) is 2. The van der Waals surface area contributed by atoms with Crippen LogP contribution in [0.15, 0.2) is 53.7 Å². The molecule has 0 spiro atoms. The molecule has 0 amide bonds. The molecule has 0 saturated carbocycles. The first-order valence-corrected chi connectivity index (χ1v) is 8.11. The van der Waals surface area contributed by atoms with Gasteiger partial charge in [0.2, 0.25) is 0 Å². The van der Waals surface area contributed by atoms with Crippen molar-refractivity contribution < 1.29 is 14.3 Å². The van der Waals surface area contributed by atoms with E-state index in [0.717, 1.165) is 22.8 Å². The second-order valence-electron chi connectivity index (χ2n) is 5.67. The quantitative estimate of drug-likeness (QED) is 0.414. The summed E-state index contributed by atoms with van der Waals surface area (Å²) < 4.78 is 11.3. The SMILES string of the molecule is CON=C(c1ccc(OCCOc2ccc(C#N)cc2)cc1)C(C)C. The van der Waals surface area contributed by atoms with E-state index < -0.39 is 0 Å². The molecule has 0 aliphatic carbocycles. The Labute approximate surface area is 148 Å². The van der Waals surface area contributed by atoms with Gasteiger partial charge in [-0.3, -0.25) is 0 Å². The molecule has 2 rings (SSSR count). The average Bonchev–Trinajstić information content (AvgIpc) is 2.64. The van der Waals surface area contributed by atoms with E-state index in [1.54, 1.807) is 31.4 Å². The number of oxime groups is 1. The molecule has 0 saturated heterocycles. The Bertz CT molecular complexity index is 729. The van der Waals surface area contributed by atoms with Crippen molar-refractivity contribution in [3.05, 3.63) is 59.7 Å². The number of hydrogen-bond acceptors (Lipinski definition) is 5. The molecule has 5 heteroatoms. The monoisotopic (exact) mass is 338 g/mol. The Balaban J connectivity index is 1.83. The maximum atomic E-state index is 8.76. The lowest BCUT2D eigenvalue weighted by molar-refractivity contribution is 0.212. The lowest BCUT2D eigenvalue weighted by Crippen LogP contribution is -2.11. The number of rotatable bonds is 8. The zero-order chi connectivity index (χ0) is 18.1. The van der Waals surface area contributed by atoms with Gasteiger partial charge in [-0.2, -0.15) is 5.26 Å². The molecular formula is C20H22N2O3. The molecule has 2 aromatic rings. The Hall–Kier alpha value is -3.00. The van der Waals surface area contributed by atoms with Crippen molar-refractivity contribution in [2.75, 3.05) is 20.3 Å². The van der Waals surface area contributed by atoms with Crippen LogP contribution < -0.4 is 9.47 Å². The summed E-state index contributed by atoms with van der Waals surface area (Å²) in [6.45, 7) is 5.00. The first-order chi connectivity index (χ1) is 12.1. The van der Waals surface area contributed by atoms with Crippen LogP contribution in [0.5, 0.6) is 11.5 Å². The van der Waals surface area contributed by atoms with E-state index in [2.05, 4.69) is 25.1 Å². The summed E-state index contributed by atoms with van der Waals surface area (Å²) in [4.78, 5) is 4.91. The lowest BCUT2D eigenvalue weighted by atomic mass is 10.0. The molecule has 0 radical (unpaired) electrons. The van der Waals surface area contributed by atoms with Crippen LogP contribution >= 0.6 is 0 Å². The summed E-state index contributed by atoms with van der Waals surface area (Å²) in [6.07, 6.45) is 0. The largest absolute Gasteiger partial charge is 0.490 e. The van der Waals surface area contributed by atoms with Gasteiger partial charge in [0.25, 0.3) is 0 Å². The van der Waals surface area contributed by atoms with Gasteiger partial charge in [-0.05, 0) is 60.0 Å². The fraction of sp³-hybridized carbons (Fsp3) is 0.300. The molecule has 0 fully saturated rings. The first-order valence-electron chi connectivity index (χ1n) is 8.11. The Morgan fingerprint density at radius 3 is 1.92 bits per heavy atom. The van der Waals surface area contributed by atoms with Gasteiger partial charge < -0.3 is 14.3 Å². The molecule has 0 unspecified atom stereocenters. The molecule has 0 aliphatic heterocycles. The van der Waals surface area contributed by atoms with Gasteiger partial charge in [-0.25, -0.2) is 0 Å². The fourth-order valence-corrected chi connectivity index (χ4v) is 2.26. The molecule has 0 aromatic heterocycles. The zero-order valence-electron chi connectivity index (χ0n) is 14.7. The predicted octanol–water partition coefficient (Wildman–Crippen LogP) is 4.02. The number of ether oxygens (including phenoxy) is 2. The molecule has 0 N–H and O–H groups in total. The third kappa shape index (κ3) is 5.54. The van der Waals surface area contributed by atoms with Gasteiger partial charge >= 0.3 is 0 Å². The second kappa shape index (κ2) is 9.33. The van der Waals surface area contributed by atoms with Crippen molar-refractivity contribution in [1.82, 2.24) is 0 Å². The number of hydrogen-bond donors (Lipinski definition) is 0. The van der Waals surface area contributed by atoms with Gasteiger partial charge in [0, 0.05) is 0 Å². The highest BCUT2D eigenvalue weighted by Crippen LogP contribution is 2.16. The van der Waals surface area contributed by atoms with E-state index in [9.17, 15) is 0 Å². The standard InChI is InChI=1S/C20H22N2O3/c1-15(2)20(22-23-3)17-6-10-19(11-7-17)25-13-12-24-18-8-4-16(14-21)5-9-18/h4-11,15H,12-13H2,1-3H3. The molecule has 5 nitrogen and oxygen atoms in total. The fourth-order valence-electron chi connectivity index (χ4n) is 2.26. The van der Waals surface area contributed by atoms with Crippen LogP contribution in [0.3, 0.4) is 0 Å². The van der Waals surface area contributed by atoms with Crippen LogP contribution in [0.25, 0.3) is 0 Å². The molecule has 0 aliphatic rings. The van der Waals surface area contributed by atoms with Gasteiger partial charge in [0.1, 0.15) is 31.8 Å². The van der Waals surface area contributed by atoms with Crippen molar-refractivity contribution in [3.8, 4) is 17.6 Å². The highest BCUT2D eigenvalue weighted by molar-refractivity contribution is 6.01. The van der Waals surface area contributed by atoms with Crippen molar-refractivity contribution in [2.24, 2.45) is 11.1 Å². The van der Waals surface area contributed by atoms with E-state index in [4.69, 9.17) is 19.6 Å². The van der Waals surface area contributed by atoms with Crippen LogP contribution in [-0.2, 0) is 4.84 Å². The molecule has 0 heterocycles. The van der Waals surface area contributed by atoms with Crippen molar-refractivity contribution >= 4 is 5.71 Å². The smallest absolute Gasteiger partial charge is 0.122 e. The topological polar surface area (TPSA) is 63.8 Å². The normalized spacial score (nSPS) is 11.1. The molecule has 130 valence electrons. The minimum absolute atomic E-state index is 0.271. The lowest BCUT2D eigenvalue weighted by Gasteiger charge is -2.11. The summed E-state index contributed by atoms with van der Waals surface area (Å²) in [6, 6.07) is 16.8. The van der Waals surface area contributed by atoms with E-state index in [1.807, 2.05) is 24.3 Å². The van der Waals surface area contributed by atoms with E-state index >= 15 is 0 Å². The van der Waals surface area contributed by atoms with Crippen LogP contribution in [0, 0.1) is 17.2 Å². The minimum Gasteiger partial charge on any atom is -0.490 e. The third-order valence-electron chi connectivity index (χ3n) is 3.49. The van der Waals surface area contributed by atoms with Crippen molar-refractivity contribution in [2.45, 2.75) is 13.8 Å². The van der Waals surface area contributed by atoms with Crippen LogP contribution in [0.2, 0.25) is 0 Å². The van der Waals surface area contributed by atoms with Gasteiger partial charge in [0.15, 0.2) is 0 Å². The molecular weight excluding hydrogens is 316 g/mol. The van der Waals surface area contributed by atoms with Gasteiger partial charge in [-0.15, -0.1) is 0 Å². The van der Waals surface area contributed by atoms with Crippen LogP contribution in [0.1, 0.15) is 25.0 Å². The predicted molar refractivity (Wildman–Crippen MR) is 97.0 cm³/mol. The molecule has 0 atom stereocenters.